The molecule has 7 heteroatoms. The number of hydrogen-bond donors (Lipinski definition) is 2. The molecule has 0 aliphatic heterocycles. The Morgan fingerprint density at radius 2 is 1.95 bits per heavy atom. The van der Waals surface area contributed by atoms with Crippen LogP contribution in [0.5, 0.6) is 0 Å². The van der Waals surface area contributed by atoms with Crippen LogP contribution in [0.15, 0.2) is 0 Å². The molecule has 1 fully saturated rings. The van der Waals surface area contributed by atoms with Gasteiger partial charge in [0, 0.05) is 26.2 Å². The molecule has 20 heavy (non-hydrogen) atoms. The lowest BCUT2D eigenvalue weighted by atomic mass is 9.94. The number of likely N-dealkylation sites (N-methyl/N-ethyl adjacent to an activating group) is 1. The van der Waals surface area contributed by atoms with Gasteiger partial charge in [0.2, 0.25) is 5.91 Å². The van der Waals surface area contributed by atoms with E-state index in [4.69, 9.17) is 10.5 Å². The Morgan fingerprint density at radius 3 is 2.50 bits per heavy atom. The zero-order valence-electron chi connectivity index (χ0n) is 12.5. The number of nitrogens with zero attached hydrogens (tertiary/aromatic N) is 1. The standard InChI is InChI=1S/C13H27N3O2.2ClH/c1-16(11-6-4-3-5-7-11)9-8-15-13(17)12(14)10-18-2;;/h11-12H,3-10,14H2,1-2H3,(H,15,17);2*1H. The van der Waals surface area contributed by atoms with Gasteiger partial charge >= 0.3 is 0 Å². The minimum absolute atomic E-state index is 0. The molecule has 0 radical (unpaired) electrons. The third kappa shape index (κ3) is 8.27. The van der Waals surface area contributed by atoms with Gasteiger partial charge in [-0.25, -0.2) is 0 Å². The smallest absolute Gasteiger partial charge is 0.239 e. The highest BCUT2D eigenvalue weighted by atomic mass is 35.5. The molecule has 1 unspecified atom stereocenters. The van der Waals surface area contributed by atoms with Crippen molar-refractivity contribution in [1.29, 1.82) is 0 Å². The molecule has 0 aromatic heterocycles. The number of rotatable bonds is 7. The lowest BCUT2D eigenvalue weighted by molar-refractivity contribution is -0.123. The zero-order valence-corrected chi connectivity index (χ0v) is 14.1. The van der Waals surface area contributed by atoms with Gasteiger partial charge in [-0.05, 0) is 19.9 Å². The average Bonchev–Trinajstić information content (AvgIpc) is 2.39. The molecule has 0 heterocycles. The molecule has 0 saturated heterocycles. The minimum atomic E-state index is -0.560. The second-order valence-corrected chi connectivity index (χ2v) is 5.13. The summed E-state index contributed by atoms with van der Waals surface area (Å²) in [7, 11) is 3.68. The van der Waals surface area contributed by atoms with E-state index in [0.717, 1.165) is 6.54 Å². The van der Waals surface area contributed by atoms with Crippen molar-refractivity contribution in [2.45, 2.75) is 44.2 Å². The maximum absolute atomic E-state index is 11.6. The van der Waals surface area contributed by atoms with Gasteiger partial charge in [0.1, 0.15) is 6.04 Å². The number of ether oxygens (including phenoxy) is 1. The second-order valence-electron chi connectivity index (χ2n) is 5.13. The van der Waals surface area contributed by atoms with E-state index in [1.54, 1.807) is 7.11 Å². The number of carbonyl (C=O) groups excluding carboxylic acids is 1. The number of nitrogens with one attached hydrogen (secondary N) is 1. The number of nitrogens with two attached hydrogens (primary N) is 1. The summed E-state index contributed by atoms with van der Waals surface area (Å²) in [5, 5.41) is 2.85. The summed E-state index contributed by atoms with van der Waals surface area (Å²) in [5.41, 5.74) is 5.64. The maximum atomic E-state index is 11.6. The fraction of sp³-hybridized carbons (Fsp3) is 0.923. The summed E-state index contributed by atoms with van der Waals surface area (Å²) in [6, 6.07) is 0.123. The predicted molar refractivity (Wildman–Crippen MR) is 86.9 cm³/mol. The number of carbonyl (C=O) groups is 1. The van der Waals surface area contributed by atoms with Gasteiger partial charge in [-0.15, -0.1) is 24.8 Å². The van der Waals surface area contributed by atoms with Crippen LogP contribution in [0.4, 0.5) is 0 Å². The van der Waals surface area contributed by atoms with E-state index >= 15 is 0 Å². The van der Waals surface area contributed by atoms with E-state index < -0.39 is 6.04 Å². The molecular formula is C13H29Cl2N3O2. The Kier molecular flexibility index (Phi) is 14.1. The monoisotopic (exact) mass is 329 g/mol. The van der Waals surface area contributed by atoms with Crippen LogP contribution in [0.1, 0.15) is 32.1 Å². The molecule has 1 aliphatic rings. The zero-order chi connectivity index (χ0) is 13.4. The van der Waals surface area contributed by atoms with Crippen molar-refractivity contribution in [2.24, 2.45) is 5.73 Å². The van der Waals surface area contributed by atoms with Crippen LogP contribution in [-0.4, -0.2) is 56.7 Å². The molecule has 122 valence electrons. The van der Waals surface area contributed by atoms with E-state index in [9.17, 15) is 4.79 Å². The molecular weight excluding hydrogens is 301 g/mol. The van der Waals surface area contributed by atoms with Gasteiger partial charge in [-0.1, -0.05) is 19.3 Å². The highest BCUT2D eigenvalue weighted by Gasteiger charge is 2.18. The topological polar surface area (TPSA) is 67.6 Å². The number of halogens is 2. The van der Waals surface area contributed by atoms with Crippen molar-refractivity contribution < 1.29 is 9.53 Å². The molecule has 0 bridgehead atoms. The predicted octanol–water partition coefficient (Wildman–Crippen LogP) is 1.18. The van der Waals surface area contributed by atoms with Crippen LogP contribution < -0.4 is 11.1 Å². The minimum Gasteiger partial charge on any atom is -0.383 e. The van der Waals surface area contributed by atoms with Gasteiger partial charge in [-0.3, -0.25) is 4.79 Å². The SMILES string of the molecule is COCC(N)C(=O)NCCN(C)C1CCCCC1.Cl.Cl. The van der Waals surface area contributed by atoms with E-state index in [1.807, 2.05) is 0 Å². The summed E-state index contributed by atoms with van der Waals surface area (Å²) in [5.74, 6) is -0.131. The van der Waals surface area contributed by atoms with Gasteiger partial charge in [0.15, 0.2) is 0 Å². The van der Waals surface area contributed by atoms with Crippen molar-refractivity contribution in [3.05, 3.63) is 0 Å². The lowest BCUT2D eigenvalue weighted by Crippen LogP contribution is -2.46. The molecule has 0 aromatic rings. The molecule has 1 amide bonds. The largest absolute Gasteiger partial charge is 0.383 e. The third-order valence-corrected chi connectivity index (χ3v) is 3.64. The van der Waals surface area contributed by atoms with Crippen molar-refractivity contribution in [3.8, 4) is 0 Å². The van der Waals surface area contributed by atoms with E-state index in [-0.39, 0.29) is 37.3 Å². The Hall–Kier alpha value is -0.0700. The van der Waals surface area contributed by atoms with Gasteiger partial charge < -0.3 is 20.7 Å². The molecule has 1 saturated carbocycles. The third-order valence-electron chi connectivity index (χ3n) is 3.64. The van der Waals surface area contributed by atoms with Gasteiger partial charge in [-0.2, -0.15) is 0 Å². The van der Waals surface area contributed by atoms with Crippen molar-refractivity contribution in [2.75, 3.05) is 33.9 Å². The molecule has 0 aromatic carbocycles. The first-order chi connectivity index (χ1) is 8.65. The molecule has 3 N–H and O–H groups in total. The Bertz CT molecular complexity index is 252. The van der Waals surface area contributed by atoms with Crippen LogP contribution in [0.2, 0.25) is 0 Å². The Morgan fingerprint density at radius 1 is 1.35 bits per heavy atom. The summed E-state index contributed by atoms with van der Waals surface area (Å²) >= 11 is 0. The number of methoxy groups -OCH3 is 1. The first-order valence-electron chi connectivity index (χ1n) is 6.87. The first kappa shape index (κ1) is 22.2. The van der Waals surface area contributed by atoms with Crippen LogP contribution in [0.3, 0.4) is 0 Å². The highest BCUT2D eigenvalue weighted by Crippen LogP contribution is 2.21. The fourth-order valence-electron chi connectivity index (χ4n) is 2.45. The molecule has 5 nitrogen and oxygen atoms in total. The molecule has 1 rings (SSSR count). The van der Waals surface area contributed by atoms with E-state index in [0.29, 0.717) is 12.6 Å². The lowest BCUT2D eigenvalue weighted by Gasteiger charge is -2.31. The Balaban J connectivity index is 0. The average molecular weight is 330 g/mol. The summed E-state index contributed by atoms with van der Waals surface area (Å²) in [4.78, 5) is 13.9. The molecule has 1 atom stereocenters. The van der Waals surface area contributed by atoms with E-state index in [1.165, 1.54) is 32.1 Å². The van der Waals surface area contributed by atoms with Crippen molar-refractivity contribution in [3.63, 3.8) is 0 Å². The van der Waals surface area contributed by atoms with Crippen molar-refractivity contribution in [1.82, 2.24) is 10.2 Å². The van der Waals surface area contributed by atoms with Gasteiger partial charge in [0.25, 0.3) is 0 Å². The first-order valence-corrected chi connectivity index (χ1v) is 6.87. The second kappa shape index (κ2) is 12.7. The molecule has 0 spiro atoms. The normalized spacial score (nSPS) is 17.0. The molecule has 1 aliphatic carbocycles. The van der Waals surface area contributed by atoms with Crippen LogP contribution in [0, 0.1) is 0 Å². The summed E-state index contributed by atoms with van der Waals surface area (Å²) in [6.45, 7) is 1.81. The number of hydrogen-bond acceptors (Lipinski definition) is 4. The highest BCUT2D eigenvalue weighted by molar-refractivity contribution is 5.85. The van der Waals surface area contributed by atoms with Crippen LogP contribution >= 0.6 is 24.8 Å². The van der Waals surface area contributed by atoms with Crippen molar-refractivity contribution >= 4 is 30.7 Å². The van der Waals surface area contributed by atoms with Crippen LogP contribution in [-0.2, 0) is 9.53 Å². The quantitative estimate of drug-likeness (QED) is 0.736. The maximum Gasteiger partial charge on any atom is 0.239 e. The van der Waals surface area contributed by atoms with E-state index in [2.05, 4.69) is 17.3 Å². The van der Waals surface area contributed by atoms with Gasteiger partial charge in [0.05, 0.1) is 6.61 Å². The fourth-order valence-corrected chi connectivity index (χ4v) is 2.45. The number of amides is 1. The summed E-state index contributed by atoms with van der Waals surface area (Å²) < 4.78 is 4.85. The Labute approximate surface area is 134 Å². The van der Waals surface area contributed by atoms with Crippen LogP contribution in [0.25, 0.3) is 0 Å². The summed E-state index contributed by atoms with van der Waals surface area (Å²) in [6.07, 6.45) is 6.61.